The number of rotatable bonds is 2. The Kier molecular flexibility index (Phi) is 1.91. The summed E-state index contributed by atoms with van der Waals surface area (Å²) in [6.07, 6.45) is 2.55. The Bertz CT molecular complexity index is 254. The average Bonchev–Trinajstić information content (AvgIpc) is 2.74. The molecule has 1 aliphatic carbocycles. The van der Waals surface area contributed by atoms with Crippen molar-refractivity contribution in [3.05, 3.63) is 21.3 Å². The first-order valence-electron chi connectivity index (χ1n) is 3.77. The Morgan fingerprint density at radius 2 is 2.36 bits per heavy atom. The molecule has 1 nitrogen and oxygen atoms in total. The first-order valence-corrected chi connectivity index (χ1v) is 5.03. The highest BCUT2D eigenvalue weighted by molar-refractivity contribution is 7.10. The molecule has 2 rings (SSSR count). The fourth-order valence-corrected chi connectivity index (χ4v) is 2.49. The van der Waals surface area contributed by atoms with Crippen molar-refractivity contribution in [1.82, 2.24) is 0 Å². The summed E-state index contributed by atoms with van der Waals surface area (Å²) >= 11 is 7.61. The van der Waals surface area contributed by atoms with Gasteiger partial charge in [0.05, 0.1) is 5.02 Å². The molecule has 1 aromatic heterocycles. The molecule has 0 radical (unpaired) electrons. The number of nitrogens with two attached hydrogens (primary N) is 1. The summed E-state index contributed by atoms with van der Waals surface area (Å²) in [4.78, 5) is 1.16. The SMILES string of the molecule is NC(c1sccc1Cl)C1CC1. The molecule has 0 aromatic carbocycles. The zero-order chi connectivity index (χ0) is 7.84. The van der Waals surface area contributed by atoms with Crippen LogP contribution in [0.1, 0.15) is 23.8 Å². The lowest BCUT2D eigenvalue weighted by Crippen LogP contribution is -2.10. The summed E-state index contributed by atoms with van der Waals surface area (Å²) in [5, 5.41) is 2.84. The lowest BCUT2D eigenvalue weighted by atomic mass is 10.2. The van der Waals surface area contributed by atoms with Crippen LogP contribution in [-0.2, 0) is 0 Å². The van der Waals surface area contributed by atoms with Crippen molar-refractivity contribution >= 4 is 22.9 Å². The van der Waals surface area contributed by atoms with Crippen LogP contribution in [0.5, 0.6) is 0 Å². The van der Waals surface area contributed by atoms with Crippen molar-refractivity contribution in [2.24, 2.45) is 11.7 Å². The van der Waals surface area contributed by atoms with Gasteiger partial charge in [-0.05, 0) is 30.2 Å². The van der Waals surface area contributed by atoms with Crippen LogP contribution in [0.3, 0.4) is 0 Å². The molecule has 1 fully saturated rings. The highest BCUT2D eigenvalue weighted by atomic mass is 35.5. The largest absolute Gasteiger partial charge is 0.323 e. The molecule has 60 valence electrons. The van der Waals surface area contributed by atoms with Gasteiger partial charge in [0.25, 0.3) is 0 Å². The molecule has 2 N–H and O–H groups in total. The van der Waals surface area contributed by atoms with Gasteiger partial charge in [-0.2, -0.15) is 0 Å². The fourth-order valence-electron chi connectivity index (χ4n) is 1.21. The third kappa shape index (κ3) is 1.43. The van der Waals surface area contributed by atoms with Gasteiger partial charge in [-0.15, -0.1) is 11.3 Å². The minimum absolute atomic E-state index is 0.197. The van der Waals surface area contributed by atoms with Gasteiger partial charge in [-0.3, -0.25) is 0 Å². The van der Waals surface area contributed by atoms with E-state index in [-0.39, 0.29) is 6.04 Å². The van der Waals surface area contributed by atoms with E-state index in [0.29, 0.717) is 5.92 Å². The second-order valence-corrected chi connectivity index (χ2v) is 4.35. The van der Waals surface area contributed by atoms with Gasteiger partial charge in [0.2, 0.25) is 0 Å². The molecule has 0 amide bonds. The molecule has 0 saturated heterocycles. The van der Waals surface area contributed by atoms with Crippen LogP contribution < -0.4 is 5.73 Å². The smallest absolute Gasteiger partial charge is 0.0561 e. The van der Waals surface area contributed by atoms with E-state index >= 15 is 0 Å². The quantitative estimate of drug-likeness (QED) is 0.757. The summed E-state index contributed by atoms with van der Waals surface area (Å²) in [5.41, 5.74) is 5.97. The van der Waals surface area contributed by atoms with Gasteiger partial charge in [-0.1, -0.05) is 11.6 Å². The zero-order valence-corrected chi connectivity index (χ0v) is 7.66. The van der Waals surface area contributed by atoms with E-state index in [1.54, 1.807) is 11.3 Å². The Morgan fingerprint density at radius 1 is 1.64 bits per heavy atom. The van der Waals surface area contributed by atoms with Gasteiger partial charge in [-0.25, -0.2) is 0 Å². The minimum Gasteiger partial charge on any atom is -0.323 e. The van der Waals surface area contributed by atoms with Crippen molar-refractivity contribution in [1.29, 1.82) is 0 Å². The maximum absolute atomic E-state index is 5.97. The van der Waals surface area contributed by atoms with Crippen molar-refractivity contribution in [2.75, 3.05) is 0 Å². The maximum Gasteiger partial charge on any atom is 0.0561 e. The standard InChI is InChI=1S/C8H10ClNS/c9-6-3-4-11-8(6)7(10)5-1-2-5/h3-5,7H,1-2,10H2. The first-order chi connectivity index (χ1) is 5.29. The lowest BCUT2D eigenvalue weighted by Gasteiger charge is -2.07. The van der Waals surface area contributed by atoms with Gasteiger partial charge in [0, 0.05) is 10.9 Å². The molecule has 3 heteroatoms. The van der Waals surface area contributed by atoms with Crippen LogP contribution in [0.2, 0.25) is 5.02 Å². The Morgan fingerprint density at radius 3 is 2.82 bits per heavy atom. The number of halogens is 1. The second-order valence-electron chi connectivity index (χ2n) is 3.00. The zero-order valence-electron chi connectivity index (χ0n) is 6.09. The molecule has 0 spiro atoms. The van der Waals surface area contributed by atoms with E-state index in [2.05, 4.69) is 0 Å². The summed E-state index contributed by atoms with van der Waals surface area (Å²) in [7, 11) is 0. The fraction of sp³-hybridized carbons (Fsp3) is 0.500. The van der Waals surface area contributed by atoms with E-state index in [1.165, 1.54) is 12.8 Å². The predicted molar refractivity (Wildman–Crippen MR) is 49.0 cm³/mol. The van der Waals surface area contributed by atoms with Crippen LogP contribution in [0.25, 0.3) is 0 Å². The normalized spacial score (nSPS) is 20.2. The van der Waals surface area contributed by atoms with E-state index in [9.17, 15) is 0 Å². The second kappa shape index (κ2) is 2.77. The topological polar surface area (TPSA) is 26.0 Å². The van der Waals surface area contributed by atoms with Crippen molar-refractivity contribution in [3.8, 4) is 0 Å². The van der Waals surface area contributed by atoms with Gasteiger partial charge in [0.1, 0.15) is 0 Å². The molecule has 0 aliphatic heterocycles. The minimum atomic E-state index is 0.197. The Hall–Kier alpha value is -0.0500. The Balaban J connectivity index is 2.20. The molecule has 0 bridgehead atoms. The highest BCUT2D eigenvalue weighted by Crippen LogP contribution is 2.43. The lowest BCUT2D eigenvalue weighted by molar-refractivity contribution is 0.645. The molecule has 11 heavy (non-hydrogen) atoms. The van der Waals surface area contributed by atoms with E-state index in [0.717, 1.165) is 9.90 Å². The molecule has 1 atom stereocenters. The van der Waals surface area contributed by atoms with Gasteiger partial charge >= 0.3 is 0 Å². The number of hydrogen-bond donors (Lipinski definition) is 1. The third-order valence-corrected chi connectivity index (χ3v) is 3.54. The third-order valence-electron chi connectivity index (χ3n) is 2.08. The molecule has 1 aliphatic rings. The van der Waals surface area contributed by atoms with Crippen molar-refractivity contribution in [3.63, 3.8) is 0 Å². The van der Waals surface area contributed by atoms with E-state index in [1.807, 2.05) is 11.4 Å². The predicted octanol–water partition coefficient (Wildman–Crippen LogP) is 2.81. The summed E-state index contributed by atoms with van der Waals surface area (Å²) < 4.78 is 0. The average molecular weight is 188 g/mol. The number of thiophene rings is 1. The van der Waals surface area contributed by atoms with Crippen molar-refractivity contribution in [2.45, 2.75) is 18.9 Å². The maximum atomic E-state index is 5.97. The van der Waals surface area contributed by atoms with Crippen LogP contribution in [0.15, 0.2) is 11.4 Å². The van der Waals surface area contributed by atoms with Crippen LogP contribution >= 0.6 is 22.9 Å². The first kappa shape index (κ1) is 7.59. The highest BCUT2D eigenvalue weighted by Gasteiger charge is 2.31. The Labute approximate surface area is 75.2 Å². The number of hydrogen-bond acceptors (Lipinski definition) is 2. The summed E-state index contributed by atoms with van der Waals surface area (Å²) in [6.45, 7) is 0. The van der Waals surface area contributed by atoms with E-state index < -0.39 is 0 Å². The summed E-state index contributed by atoms with van der Waals surface area (Å²) in [6, 6.07) is 2.12. The van der Waals surface area contributed by atoms with Crippen molar-refractivity contribution < 1.29 is 0 Å². The van der Waals surface area contributed by atoms with Crippen LogP contribution in [0.4, 0.5) is 0 Å². The van der Waals surface area contributed by atoms with Gasteiger partial charge < -0.3 is 5.73 Å². The van der Waals surface area contributed by atoms with Gasteiger partial charge in [0.15, 0.2) is 0 Å². The molecule has 1 heterocycles. The molecular weight excluding hydrogens is 178 g/mol. The molecule has 1 aromatic rings. The van der Waals surface area contributed by atoms with Crippen LogP contribution in [-0.4, -0.2) is 0 Å². The summed E-state index contributed by atoms with van der Waals surface area (Å²) in [5.74, 6) is 0.700. The monoisotopic (exact) mass is 187 g/mol. The molecule has 1 unspecified atom stereocenters. The van der Waals surface area contributed by atoms with Crippen LogP contribution in [0, 0.1) is 5.92 Å². The molecular formula is C8H10ClNS. The molecule has 1 saturated carbocycles. The van der Waals surface area contributed by atoms with E-state index in [4.69, 9.17) is 17.3 Å².